The van der Waals surface area contributed by atoms with Crippen LogP contribution in [0.4, 0.5) is 0 Å². The summed E-state index contributed by atoms with van der Waals surface area (Å²) >= 11 is 0. The minimum Gasteiger partial charge on any atom is -0.385 e. The second kappa shape index (κ2) is 5.65. The second-order valence-electron chi connectivity index (χ2n) is 5.52. The Morgan fingerprint density at radius 2 is 1.53 bits per heavy atom. The quantitative estimate of drug-likeness (QED) is 0.644. The van der Waals surface area contributed by atoms with Crippen LogP contribution < -0.4 is 0 Å². The van der Waals surface area contributed by atoms with Crippen LogP contribution in [0.5, 0.6) is 0 Å². The molecule has 0 spiro atoms. The molecule has 2 bridgehead atoms. The van der Waals surface area contributed by atoms with Crippen LogP contribution in [0, 0.1) is 5.41 Å². The molecule has 17 heavy (non-hydrogen) atoms. The Balaban J connectivity index is 1.62. The molecular formula is C13H24O4. The number of rotatable bonds is 7. The van der Waals surface area contributed by atoms with Crippen molar-refractivity contribution in [2.45, 2.75) is 45.0 Å². The number of unbranched alkanes of at least 4 members (excludes halogenated alkanes) is 3. The molecule has 3 rings (SSSR count). The summed E-state index contributed by atoms with van der Waals surface area (Å²) in [4.78, 5) is 0. The average Bonchev–Trinajstić information content (AvgIpc) is 2.36. The molecule has 0 aromatic carbocycles. The van der Waals surface area contributed by atoms with Gasteiger partial charge in [-0.05, 0) is 12.8 Å². The zero-order valence-electron chi connectivity index (χ0n) is 11.0. The minimum atomic E-state index is -0.723. The van der Waals surface area contributed by atoms with E-state index in [1.807, 2.05) is 0 Å². The molecule has 0 N–H and O–H groups in total. The topological polar surface area (TPSA) is 36.9 Å². The highest BCUT2D eigenvalue weighted by molar-refractivity contribution is 4.84. The SMILES string of the molecule is COCCCCCCC12OCC(C)(CO1)CO2. The van der Waals surface area contributed by atoms with E-state index in [4.69, 9.17) is 18.9 Å². The van der Waals surface area contributed by atoms with Gasteiger partial charge in [0.05, 0.1) is 19.8 Å². The Bertz CT molecular complexity index is 217. The molecule has 0 aromatic rings. The molecule has 0 aromatic heterocycles. The van der Waals surface area contributed by atoms with Gasteiger partial charge in [-0.15, -0.1) is 0 Å². The highest BCUT2D eigenvalue weighted by atomic mass is 16.9. The first-order valence-electron chi connectivity index (χ1n) is 6.59. The van der Waals surface area contributed by atoms with Gasteiger partial charge in [0, 0.05) is 25.6 Å². The van der Waals surface area contributed by atoms with Crippen LogP contribution in [0.3, 0.4) is 0 Å². The van der Waals surface area contributed by atoms with Crippen LogP contribution in [0.2, 0.25) is 0 Å². The van der Waals surface area contributed by atoms with E-state index in [0.29, 0.717) is 0 Å². The Hall–Kier alpha value is -0.160. The molecule has 3 saturated heterocycles. The van der Waals surface area contributed by atoms with Crippen LogP contribution in [0.1, 0.15) is 39.0 Å². The third kappa shape index (κ3) is 3.41. The van der Waals surface area contributed by atoms with E-state index in [1.165, 1.54) is 12.8 Å². The van der Waals surface area contributed by atoms with Crippen LogP contribution in [0.25, 0.3) is 0 Å². The number of ether oxygens (including phenoxy) is 4. The first-order chi connectivity index (χ1) is 8.18. The van der Waals surface area contributed by atoms with Crippen molar-refractivity contribution in [3.8, 4) is 0 Å². The van der Waals surface area contributed by atoms with Gasteiger partial charge in [-0.2, -0.15) is 0 Å². The van der Waals surface area contributed by atoms with Gasteiger partial charge in [-0.25, -0.2) is 0 Å². The largest absolute Gasteiger partial charge is 0.385 e. The van der Waals surface area contributed by atoms with Crippen molar-refractivity contribution in [2.24, 2.45) is 5.41 Å². The molecule has 0 radical (unpaired) electrons. The van der Waals surface area contributed by atoms with Crippen molar-refractivity contribution in [1.29, 1.82) is 0 Å². The van der Waals surface area contributed by atoms with E-state index in [-0.39, 0.29) is 5.41 Å². The molecule has 3 aliphatic rings. The lowest BCUT2D eigenvalue weighted by Crippen LogP contribution is -2.58. The van der Waals surface area contributed by atoms with E-state index < -0.39 is 5.97 Å². The Labute approximate surface area is 104 Å². The molecule has 0 aliphatic carbocycles. The van der Waals surface area contributed by atoms with Gasteiger partial charge in [0.15, 0.2) is 0 Å². The Kier molecular flexibility index (Phi) is 4.42. The molecule has 3 fully saturated rings. The number of hydrogen-bond acceptors (Lipinski definition) is 4. The lowest BCUT2D eigenvalue weighted by atomic mass is 9.91. The zero-order valence-corrected chi connectivity index (χ0v) is 11.0. The average molecular weight is 244 g/mol. The molecule has 4 heteroatoms. The number of methoxy groups -OCH3 is 1. The number of hydrogen-bond donors (Lipinski definition) is 0. The van der Waals surface area contributed by atoms with Crippen LogP contribution in [0.15, 0.2) is 0 Å². The lowest BCUT2D eigenvalue weighted by molar-refractivity contribution is -0.467. The van der Waals surface area contributed by atoms with Gasteiger partial charge in [0.25, 0.3) is 5.97 Å². The molecule has 100 valence electrons. The summed E-state index contributed by atoms with van der Waals surface area (Å²) in [5.74, 6) is -0.723. The summed E-state index contributed by atoms with van der Waals surface area (Å²) in [6.45, 7) is 5.28. The fraction of sp³-hybridized carbons (Fsp3) is 1.00. The summed E-state index contributed by atoms with van der Waals surface area (Å²) in [6.07, 6.45) is 5.43. The van der Waals surface area contributed by atoms with Gasteiger partial charge in [-0.3, -0.25) is 0 Å². The van der Waals surface area contributed by atoms with Gasteiger partial charge in [0.1, 0.15) is 0 Å². The zero-order chi connectivity index (χ0) is 12.2. The normalized spacial score (nSPS) is 36.4. The first-order valence-corrected chi connectivity index (χ1v) is 6.59. The molecule has 0 amide bonds. The maximum atomic E-state index is 5.73. The highest BCUT2D eigenvalue weighted by Crippen LogP contribution is 2.40. The van der Waals surface area contributed by atoms with Crippen LogP contribution >= 0.6 is 0 Å². The van der Waals surface area contributed by atoms with Crippen molar-refractivity contribution < 1.29 is 18.9 Å². The predicted molar refractivity (Wildman–Crippen MR) is 63.7 cm³/mol. The third-order valence-corrected chi connectivity index (χ3v) is 3.50. The fourth-order valence-electron chi connectivity index (χ4n) is 2.26. The van der Waals surface area contributed by atoms with E-state index in [1.54, 1.807) is 7.11 Å². The van der Waals surface area contributed by atoms with Crippen molar-refractivity contribution in [2.75, 3.05) is 33.5 Å². The van der Waals surface area contributed by atoms with Gasteiger partial charge in [0.2, 0.25) is 0 Å². The fourth-order valence-corrected chi connectivity index (χ4v) is 2.26. The summed E-state index contributed by atoms with van der Waals surface area (Å²) < 4.78 is 22.2. The van der Waals surface area contributed by atoms with E-state index in [0.717, 1.165) is 45.7 Å². The molecular weight excluding hydrogens is 220 g/mol. The molecule has 4 nitrogen and oxygen atoms in total. The van der Waals surface area contributed by atoms with Gasteiger partial charge >= 0.3 is 0 Å². The second-order valence-corrected chi connectivity index (χ2v) is 5.52. The third-order valence-electron chi connectivity index (χ3n) is 3.50. The van der Waals surface area contributed by atoms with E-state index >= 15 is 0 Å². The monoisotopic (exact) mass is 244 g/mol. The van der Waals surface area contributed by atoms with Gasteiger partial charge < -0.3 is 18.9 Å². The highest BCUT2D eigenvalue weighted by Gasteiger charge is 2.49. The summed E-state index contributed by atoms with van der Waals surface area (Å²) in [7, 11) is 1.75. The van der Waals surface area contributed by atoms with Crippen molar-refractivity contribution >= 4 is 0 Å². The van der Waals surface area contributed by atoms with Gasteiger partial charge in [-0.1, -0.05) is 19.8 Å². The van der Waals surface area contributed by atoms with Crippen LogP contribution in [-0.4, -0.2) is 39.5 Å². The summed E-state index contributed by atoms with van der Waals surface area (Å²) in [5.41, 5.74) is 0.0697. The molecule has 0 atom stereocenters. The maximum absolute atomic E-state index is 5.73. The molecule has 3 heterocycles. The smallest absolute Gasteiger partial charge is 0.282 e. The molecule has 3 aliphatic heterocycles. The Morgan fingerprint density at radius 3 is 2.12 bits per heavy atom. The summed E-state index contributed by atoms with van der Waals surface area (Å²) in [5, 5.41) is 0. The summed E-state index contributed by atoms with van der Waals surface area (Å²) in [6, 6.07) is 0. The van der Waals surface area contributed by atoms with E-state index in [9.17, 15) is 0 Å². The lowest BCUT2D eigenvalue weighted by Gasteiger charge is -2.50. The van der Waals surface area contributed by atoms with Crippen LogP contribution in [-0.2, 0) is 18.9 Å². The van der Waals surface area contributed by atoms with E-state index in [2.05, 4.69) is 6.92 Å². The number of fused-ring (bicyclic) bond motifs is 3. The Morgan fingerprint density at radius 1 is 0.941 bits per heavy atom. The maximum Gasteiger partial charge on any atom is 0.282 e. The molecule has 0 saturated carbocycles. The van der Waals surface area contributed by atoms with Crippen molar-refractivity contribution in [3.05, 3.63) is 0 Å². The van der Waals surface area contributed by atoms with Crippen molar-refractivity contribution in [3.63, 3.8) is 0 Å². The first kappa shape index (κ1) is 13.3. The molecule has 0 unspecified atom stereocenters. The predicted octanol–water partition coefficient (Wildman–Crippen LogP) is 2.32. The van der Waals surface area contributed by atoms with Crippen molar-refractivity contribution in [1.82, 2.24) is 0 Å². The minimum absolute atomic E-state index is 0.0697. The standard InChI is InChI=1S/C13H24O4/c1-12-9-15-13(16-10-12,17-11-12)7-5-3-4-6-8-14-2/h3-11H2,1-2H3.